The Balaban J connectivity index is 1.19. The molecule has 13 heteroatoms. The zero-order chi connectivity index (χ0) is 32.8. The van der Waals surface area contributed by atoms with Crippen LogP contribution in [0.2, 0.25) is 0 Å². The van der Waals surface area contributed by atoms with Gasteiger partial charge in [-0.3, -0.25) is 34.4 Å². The molecule has 7 atom stereocenters. The molecular weight excluding hydrogens is 591 g/mol. The van der Waals surface area contributed by atoms with E-state index in [4.69, 9.17) is 15.2 Å². The second-order valence-corrected chi connectivity index (χ2v) is 13.0. The van der Waals surface area contributed by atoms with Crippen molar-refractivity contribution in [1.29, 1.82) is 0 Å². The second-order valence-electron chi connectivity index (χ2n) is 13.0. The molecule has 0 aliphatic heterocycles. The Morgan fingerprint density at radius 3 is 2.64 bits per heavy atom. The number of aliphatic hydroxyl groups is 2. The van der Waals surface area contributed by atoms with Crippen molar-refractivity contribution >= 4 is 23.4 Å². The number of hydrogen-bond donors (Lipinski definition) is 5. The summed E-state index contributed by atoms with van der Waals surface area (Å²) in [7, 11) is 0. The Morgan fingerprint density at radius 2 is 1.91 bits per heavy atom. The summed E-state index contributed by atoms with van der Waals surface area (Å²) in [6.07, 6.45) is 4.06. The summed E-state index contributed by atoms with van der Waals surface area (Å²) in [6, 6.07) is 6.37. The second kappa shape index (κ2) is 12.1. The van der Waals surface area contributed by atoms with E-state index in [1.807, 2.05) is 0 Å². The van der Waals surface area contributed by atoms with E-state index in [1.54, 1.807) is 32.1 Å². The lowest BCUT2D eigenvalue weighted by molar-refractivity contribution is -0.492. The Kier molecular flexibility index (Phi) is 8.90. The normalized spacial score (nSPS) is 35.2. The van der Waals surface area contributed by atoms with Crippen LogP contribution in [0.15, 0.2) is 48.1 Å². The number of alkyl halides is 1. The molecule has 45 heavy (non-hydrogen) atoms. The van der Waals surface area contributed by atoms with Crippen molar-refractivity contribution in [2.24, 2.45) is 22.7 Å². The van der Waals surface area contributed by atoms with Crippen LogP contribution in [0.25, 0.3) is 0 Å². The monoisotopic (exact) mass is 630 g/mol. The highest BCUT2D eigenvalue weighted by Crippen LogP contribution is 2.69. The molecule has 0 heterocycles. The van der Waals surface area contributed by atoms with Crippen molar-refractivity contribution in [2.75, 3.05) is 19.8 Å². The minimum Gasteiger partial charge on any atom is -0.456 e. The summed E-state index contributed by atoms with van der Waals surface area (Å²) in [6.45, 7) is 2.02. The van der Waals surface area contributed by atoms with E-state index in [1.165, 1.54) is 24.3 Å². The first-order valence-corrected chi connectivity index (χ1v) is 15.1. The molecule has 3 unspecified atom stereocenters. The number of aliphatic hydroxyl groups excluding tert-OH is 1. The fourth-order valence-corrected chi connectivity index (χ4v) is 8.36. The molecule has 4 aliphatic carbocycles. The maximum absolute atomic E-state index is 17.2. The van der Waals surface area contributed by atoms with Crippen LogP contribution in [0.1, 0.15) is 61.9 Å². The lowest BCUT2D eigenvalue weighted by atomic mass is 9.44. The molecule has 1 aromatic carbocycles. The molecule has 1 amide bonds. The van der Waals surface area contributed by atoms with Gasteiger partial charge in [0.2, 0.25) is 5.78 Å². The van der Waals surface area contributed by atoms with Crippen molar-refractivity contribution in [3.05, 3.63) is 59.2 Å². The highest BCUT2D eigenvalue weighted by Gasteiger charge is 2.74. The third-order valence-corrected chi connectivity index (χ3v) is 10.8. The maximum Gasteiger partial charge on any atom is 0.325 e. The number of esters is 1. The third kappa shape index (κ3) is 5.55. The number of rotatable bonds is 10. The fraction of sp³-hybridized carbons (Fsp3) is 0.562. The molecule has 0 spiro atoms. The average molecular weight is 631 g/mol. The van der Waals surface area contributed by atoms with Crippen molar-refractivity contribution in [3.8, 4) is 0 Å². The highest BCUT2D eigenvalue weighted by atomic mass is 19.1. The van der Waals surface area contributed by atoms with Crippen LogP contribution < -0.4 is 5.32 Å². The topological polar surface area (TPSA) is 183 Å². The summed E-state index contributed by atoms with van der Waals surface area (Å²) in [5, 5.41) is 42.4. The van der Waals surface area contributed by atoms with Crippen molar-refractivity contribution in [3.63, 3.8) is 0 Å². The molecule has 0 bridgehead atoms. The first kappa shape index (κ1) is 33.0. The zero-order valence-electron chi connectivity index (χ0n) is 25.2. The minimum absolute atomic E-state index is 0.0182. The maximum atomic E-state index is 17.2. The number of allylic oxidation sites excluding steroid dienone is 4. The molecule has 0 aromatic heterocycles. The van der Waals surface area contributed by atoms with Gasteiger partial charge in [0.05, 0.1) is 18.1 Å². The van der Waals surface area contributed by atoms with E-state index in [0.29, 0.717) is 30.4 Å². The molecule has 4 aliphatic rings. The number of halogens is 1. The predicted octanol–water partition coefficient (Wildman–Crippen LogP) is 2.19. The van der Waals surface area contributed by atoms with Crippen LogP contribution >= 0.6 is 0 Å². The molecule has 3 saturated carbocycles. The standard InChI is InChI=1S/C32H39FN2O10/c1-29-11-8-22(36)15-21(29)6-7-24-23-9-12-31(41,30(23,2)16-25(37)32(24,29)33)26(38)18-44-27(39)17-34-28(40)20-5-3-4-19(14-20)10-13-45-35(42)43/h3-5,8,11,14-15,23-25,37,41-43H,6-7,9-10,12-13,16-18H2,1-2H3,(H,34,40)/t23?,24-,25-,29-,30-,31?,32?/m0/s1. The van der Waals surface area contributed by atoms with E-state index >= 15 is 4.39 Å². The Hall–Kier alpha value is -3.33. The SMILES string of the molecule is C[C@]12C=CC(=O)C=C1CC[C@H]1C3CCC(O)(C(=O)COC(=O)CNC(=O)c4cccc(CCON(O)O)c4)[C@@]3(C)C[C@H](O)C12F. The summed E-state index contributed by atoms with van der Waals surface area (Å²) in [5.74, 6) is -3.57. The van der Waals surface area contributed by atoms with E-state index in [0.717, 1.165) is 0 Å². The van der Waals surface area contributed by atoms with Crippen molar-refractivity contribution in [2.45, 2.75) is 69.7 Å². The molecule has 5 rings (SSSR count). The van der Waals surface area contributed by atoms with Crippen LogP contribution in [-0.2, 0) is 30.4 Å². The van der Waals surface area contributed by atoms with Gasteiger partial charge in [-0.25, -0.2) is 4.39 Å². The van der Waals surface area contributed by atoms with Crippen molar-refractivity contribution < 1.29 is 53.8 Å². The number of Topliss-reactive ketones (excluding diaryl/α,β-unsaturated/α-hetero) is 1. The molecule has 1 aromatic rings. The molecule has 0 saturated heterocycles. The van der Waals surface area contributed by atoms with Crippen LogP contribution in [-0.4, -0.2) is 86.6 Å². The summed E-state index contributed by atoms with van der Waals surface area (Å²) in [4.78, 5) is 55.0. The fourth-order valence-electron chi connectivity index (χ4n) is 8.36. The van der Waals surface area contributed by atoms with Crippen LogP contribution in [0.3, 0.4) is 0 Å². The van der Waals surface area contributed by atoms with Gasteiger partial charge in [0, 0.05) is 22.3 Å². The number of nitrogens with zero attached hydrogens (tertiary/aromatic N) is 1. The number of ether oxygens (including phenoxy) is 1. The number of nitrogens with one attached hydrogen (secondary N) is 1. The van der Waals surface area contributed by atoms with Crippen LogP contribution in [0, 0.1) is 22.7 Å². The van der Waals surface area contributed by atoms with E-state index in [2.05, 4.69) is 10.2 Å². The molecule has 5 N–H and O–H groups in total. The van der Waals surface area contributed by atoms with Gasteiger partial charge in [-0.2, -0.15) is 0 Å². The molecule has 3 fully saturated rings. The minimum atomic E-state index is -2.09. The van der Waals surface area contributed by atoms with E-state index < -0.39 is 76.2 Å². The molecule has 244 valence electrons. The summed E-state index contributed by atoms with van der Waals surface area (Å²) >= 11 is 0. The Labute approximate surface area is 259 Å². The quantitative estimate of drug-likeness (QED) is 0.189. The van der Waals surface area contributed by atoms with Gasteiger partial charge in [0.25, 0.3) is 5.91 Å². The summed E-state index contributed by atoms with van der Waals surface area (Å²) < 4.78 is 22.3. The number of hydrogen-bond acceptors (Lipinski definition) is 11. The zero-order valence-corrected chi connectivity index (χ0v) is 25.2. The van der Waals surface area contributed by atoms with Gasteiger partial charge < -0.3 is 20.3 Å². The van der Waals surface area contributed by atoms with E-state index in [-0.39, 0.29) is 37.2 Å². The largest absolute Gasteiger partial charge is 0.456 e. The lowest BCUT2D eigenvalue weighted by Crippen LogP contribution is -2.69. The van der Waals surface area contributed by atoms with Crippen LogP contribution in [0.4, 0.5) is 4.39 Å². The highest BCUT2D eigenvalue weighted by molar-refractivity contribution is 6.01. The van der Waals surface area contributed by atoms with Gasteiger partial charge in [-0.05, 0) is 81.2 Å². The number of carbonyl (C=O) groups is 4. The lowest BCUT2D eigenvalue weighted by Gasteiger charge is -2.62. The summed E-state index contributed by atoms with van der Waals surface area (Å²) in [5.41, 5.74) is -4.90. The number of carbonyl (C=O) groups excluding carboxylic acids is 4. The Bertz CT molecular complexity index is 1450. The van der Waals surface area contributed by atoms with Gasteiger partial charge in [-0.15, -0.1) is 0 Å². The third-order valence-electron chi connectivity index (χ3n) is 10.8. The number of fused-ring (bicyclic) bond motifs is 5. The average Bonchev–Trinajstić information content (AvgIpc) is 3.26. The number of ketones is 2. The van der Waals surface area contributed by atoms with E-state index in [9.17, 15) is 29.4 Å². The number of amides is 1. The predicted molar refractivity (Wildman–Crippen MR) is 153 cm³/mol. The molecule has 0 radical (unpaired) electrons. The van der Waals surface area contributed by atoms with Gasteiger partial charge in [0.1, 0.15) is 12.1 Å². The van der Waals surface area contributed by atoms with Gasteiger partial charge in [-0.1, -0.05) is 30.7 Å². The smallest absolute Gasteiger partial charge is 0.325 e. The Morgan fingerprint density at radius 1 is 1.16 bits per heavy atom. The van der Waals surface area contributed by atoms with Crippen molar-refractivity contribution in [1.82, 2.24) is 10.7 Å². The van der Waals surface area contributed by atoms with Crippen LogP contribution in [0.5, 0.6) is 0 Å². The van der Waals surface area contributed by atoms with Gasteiger partial charge >= 0.3 is 5.97 Å². The first-order valence-electron chi connectivity index (χ1n) is 15.1. The molecular formula is C32H39FN2O10. The first-order chi connectivity index (χ1) is 21.2. The molecule has 12 nitrogen and oxygen atoms in total. The van der Waals surface area contributed by atoms with Gasteiger partial charge in [0.15, 0.2) is 18.1 Å². The number of benzene rings is 1.